The molecule has 0 N–H and O–H groups in total. The molecule has 110 valence electrons. The maximum absolute atomic E-state index is 12.7. The van der Waals surface area contributed by atoms with Crippen LogP contribution < -0.4 is 4.74 Å². The summed E-state index contributed by atoms with van der Waals surface area (Å²) in [6.45, 7) is 1.67. The van der Waals surface area contributed by atoms with Gasteiger partial charge >= 0.3 is 11.7 Å². The first-order valence-corrected chi connectivity index (χ1v) is 5.56. The number of alkyl halides is 2. The molecule has 20 heavy (non-hydrogen) atoms. The van der Waals surface area contributed by atoms with Crippen molar-refractivity contribution in [1.29, 1.82) is 0 Å². The Morgan fingerprint density at radius 2 is 2.20 bits per heavy atom. The van der Waals surface area contributed by atoms with Crippen LogP contribution in [-0.4, -0.2) is 29.6 Å². The predicted molar refractivity (Wildman–Crippen MR) is 62.7 cm³/mol. The highest BCUT2D eigenvalue weighted by molar-refractivity contribution is 5.73. The first-order valence-electron chi connectivity index (χ1n) is 5.56. The van der Waals surface area contributed by atoms with Crippen molar-refractivity contribution in [2.24, 2.45) is 0 Å². The number of pyridine rings is 1. The summed E-state index contributed by atoms with van der Waals surface area (Å²) < 4.78 is 34.8. The number of halogens is 2. The number of nitro groups is 1. The molecule has 1 heterocycles. The van der Waals surface area contributed by atoms with Gasteiger partial charge in [-0.15, -0.1) is 0 Å². The second-order valence-corrected chi connectivity index (χ2v) is 3.59. The van der Waals surface area contributed by atoms with Gasteiger partial charge in [-0.25, -0.2) is 13.8 Å². The van der Waals surface area contributed by atoms with E-state index in [2.05, 4.69) is 9.72 Å². The molecular weight excluding hydrogens is 278 g/mol. The van der Waals surface area contributed by atoms with Crippen LogP contribution in [0.5, 0.6) is 5.75 Å². The minimum absolute atomic E-state index is 0.0950. The number of carbonyl (C=O) groups excluding carboxylic acids is 1. The average molecular weight is 290 g/mol. The van der Waals surface area contributed by atoms with E-state index in [9.17, 15) is 23.7 Å². The smallest absolute Gasteiger partial charge is 0.314 e. The van der Waals surface area contributed by atoms with Gasteiger partial charge in [0, 0.05) is 6.07 Å². The van der Waals surface area contributed by atoms with Crippen molar-refractivity contribution in [2.45, 2.75) is 19.8 Å². The highest BCUT2D eigenvalue weighted by Gasteiger charge is 2.26. The largest absolute Gasteiger partial charge is 0.489 e. The van der Waals surface area contributed by atoms with Crippen LogP contribution in [0.15, 0.2) is 6.07 Å². The van der Waals surface area contributed by atoms with Crippen LogP contribution in [0.25, 0.3) is 0 Å². The zero-order valence-electron chi connectivity index (χ0n) is 10.8. The quantitative estimate of drug-likeness (QED) is 0.452. The normalized spacial score (nSPS) is 10.4. The Hall–Kier alpha value is -2.32. The fourth-order valence-electron chi connectivity index (χ4n) is 1.53. The van der Waals surface area contributed by atoms with Gasteiger partial charge in [0.05, 0.1) is 25.1 Å². The number of esters is 1. The van der Waals surface area contributed by atoms with E-state index in [0.29, 0.717) is 6.07 Å². The molecule has 9 heteroatoms. The minimum Gasteiger partial charge on any atom is -0.489 e. The Balaban J connectivity index is 3.31. The summed E-state index contributed by atoms with van der Waals surface area (Å²) in [4.78, 5) is 24.9. The summed E-state index contributed by atoms with van der Waals surface area (Å²) in [6, 6.07) is 0.623. The Bertz CT molecular complexity index is 522. The van der Waals surface area contributed by atoms with Crippen LogP contribution in [0, 0.1) is 10.1 Å². The average Bonchev–Trinajstić information content (AvgIpc) is 2.37. The van der Waals surface area contributed by atoms with Crippen LogP contribution in [0.1, 0.15) is 24.7 Å². The second-order valence-electron chi connectivity index (χ2n) is 3.59. The lowest BCUT2D eigenvalue weighted by molar-refractivity contribution is -0.386. The zero-order chi connectivity index (χ0) is 15.3. The Morgan fingerprint density at radius 1 is 1.55 bits per heavy atom. The maximum Gasteiger partial charge on any atom is 0.314 e. The maximum atomic E-state index is 12.7. The van der Waals surface area contributed by atoms with E-state index < -0.39 is 35.1 Å². The molecule has 1 aromatic rings. The predicted octanol–water partition coefficient (Wildman–Crippen LogP) is 2.04. The molecule has 0 aromatic carbocycles. The van der Waals surface area contributed by atoms with Gasteiger partial charge in [0.25, 0.3) is 6.43 Å². The molecule has 0 aliphatic heterocycles. The third kappa shape index (κ3) is 3.59. The fourth-order valence-corrected chi connectivity index (χ4v) is 1.53. The number of hydrogen-bond donors (Lipinski definition) is 0. The Morgan fingerprint density at radius 3 is 2.65 bits per heavy atom. The van der Waals surface area contributed by atoms with E-state index in [4.69, 9.17) is 4.74 Å². The molecule has 0 amide bonds. The zero-order valence-corrected chi connectivity index (χ0v) is 10.8. The van der Waals surface area contributed by atoms with Crippen molar-refractivity contribution in [3.05, 3.63) is 27.6 Å². The van der Waals surface area contributed by atoms with Crippen LogP contribution >= 0.6 is 0 Å². The first kappa shape index (κ1) is 15.7. The molecule has 7 nitrogen and oxygen atoms in total. The SMILES string of the molecule is CCOC(=O)Cc1nc(C(F)F)cc([N+](=O)[O-])c1OC. The summed E-state index contributed by atoms with van der Waals surface area (Å²) in [6.07, 6.45) is -3.49. The van der Waals surface area contributed by atoms with Crippen LogP contribution in [0.2, 0.25) is 0 Å². The van der Waals surface area contributed by atoms with Crippen molar-refractivity contribution in [1.82, 2.24) is 4.98 Å². The summed E-state index contributed by atoms with van der Waals surface area (Å²) >= 11 is 0. The monoisotopic (exact) mass is 290 g/mol. The van der Waals surface area contributed by atoms with Gasteiger partial charge in [-0.2, -0.15) is 0 Å². The van der Waals surface area contributed by atoms with E-state index in [-0.39, 0.29) is 18.1 Å². The lowest BCUT2D eigenvalue weighted by Gasteiger charge is -2.10. The molecule has 0 saturated heterocycles. The van der Waals surface area contributed by atoms with Gasteiger partial charge in [-0.1, -0.05) is 0 Å². The van der Waals surface area contributed by atoms with Crippen LogP contribution in [0.3, 0.4) is 0 Å². The molecule has 0 radical (unpaired) electrons. The second kappa shape index (κ2) is 6.73. The lowest BCUT2D eigenvalue weighted by Crippen LogP contribution is -2.12. The van der Waals surface area contributed by atoms with E-state index >= 15 is 0 Å². The van der Waals surface area contributed by atoms with Crippen molar-refractivity contribution in [2.75, 3.05) is 13.7 Å². The highest BCUT2D eigenvalue weighted by atomic mass is 19.3. The summed E-state index contributed by atoms with van der Waals surface area (Å²) in [5, 5.41) is 10.9. The fraction of sp³-hybridized carbons (Fsp3) is 0.455. The molecule has 0 atom stereocenters. The van der Waals surface area contributed by atoms with E-state index in [1.807, 2.05) is 0 Å². The standard InChI is InChI=1S/C11H12F2N2O5/c1-3-20-9(16)5-6-10(19-2)8(15(17)18)4-7(14-6)11(12)13/h4,11H,3,5H2,1-2H3. The number of methoxy groups -OCH3 is 1. The van der Waals surface area contributed by atoms with Gasteiger partial charge in [0.15, 0.2) is 0 Å². The number of aromatic nitrogens is 1. The minimum atomic E-state index is -3.00. The molecule has 1 aromatic heterocycles. The van der Waals surface area contributed by atoms with Gasteiger partial charge in [-0.3, -0.25) is 14.9 Å². The van der Waals surface area contributed by atoms with Gasteiger partial charge in [0.1, 0.15) is 11.4 Å². The van der Waals surface area contributed by atoms with Crippen molar-refractivity contribution < 1.29 is 28.0 Å². The third-order valence-electron chi connectivity index (χ3n) is 2.28. The lowest BCUT2D eigenvalue weighted by atomic mass is 10.2. The van der Waals surface area contributed by atoms with Crippen molar-refractivity contribution in [3.63, 3.8) is 0 Å². The van der Waals surface area contributed by atoms with Gasteiger partial charge < -0.3 is 9.47 Å². The topological polar surface area (TPSA) is 91.6 Å². The van der Waals surface area contributed by atoms with Crippen LogP contribution in [-0.2, 0) is 16.0 Å². The van der Waals surface area contributed by atoms with E-state index in [0.717, 1.165) is 7.11 Å². The highest BCUT2D eigenvalue weighted by Crippen LogP contribution is 2.33. The number of ether oxygens (including phenoxy) is 2. The van der Waals surface area contributed by atoms with Crippen LogP contribution in [0.4, 0.5) is 14.5 Å². The molecule has 0 aliphatic carbocycles. The molecule has 0 saturated carbocycles. The molecule has 0 bridgehead atoms. The summed E-state index contributed by atoms with van der Waals surface area (Å²) in [7, 11) is 1.13. The molecule has 0 unspecified atom stereocenters. The van der Waals surface area contributed by atoms with Gasteiger partial charge in [-0.05, 0) is 6.92 Å². The molecule has 0 fully saturated rings. The molecule has 0 spiro atoms. The molecule has 1 rings (SSSR count). The Labute approximate surface area is 112 Å². The Kier molecular flexibility index (Phi) is 5.30. The van der Waals surface area contributed by atoms with Crippen molar-refractivity contribution >= 4 is 11.7 Å². The number of carbonyl (C=O) groups is 1. The molecular formula is C11H12F2N2O5. The summed E-state index contributed by atoms with van der Waals surface area (Å²) in [5.41, 5.74) is -1.72. The van der Waals surface area contributed by atoms with Gasteiger partial charge in [0.2, 0.25) is 5.75 Å². The number of hydrogen-bond acceptors (Lipinski definition) is 6. The third-order valence-corrected chi connectivity index (χ3v) is 2.28. The van der Waals surface area contributed by atoms with E-state index in [1.54, 1.807) is 6.92 Å². The summed E-state index contributed by atoms with van der Waals surface area (Å²) in [5.74, 6) is -1.06. The molecule has 0 aliphatic rings. The number of rotatable bonds is 6. The van der Waals surface area contributed by atoms with E-state index in [1.165, 1.54) is 0 Å². The number of nitrogens with zero attached hydrogens (tertiary/aromatic N) is 2. The first-order chi connectivity index (χ1) is 9.40. The van der Waals surface area contributed by atoms with Crippen molar-refractivity contribution in [3.8, 4) is 5.75 Å².